The maximum Gasteiger partial charge on any atom is 0.262 e. The molecule has 0 fully saturated rings. The SMILES string of the molecule is O=C(COc1ccc(Cl)cc1)Nc1ccccc1Cc1ccccc1. The molecule has 3 nitrogen and oxygen atoms in total. The van der Waals surface area contributed by atoms with E-state index in [1.54, 1.807) is 24.3 Å². The Bertz CT molecular complexity index is 832. The van der Waals surface area contributed by atoms with Crippen molar-refractivity contribution in [3.05, 3.63) is 95.0 Å². The molecule has 0 radical (unpaired) electrons. The molecule has 1 amide bonds. The first kappa shape index (κ1) is 17.1. The number of carbonyl (C=O) groups excluding carboxylic acids is 1. The topological polar surface area (TPSA) is 38.3 Å². The average molecular weight is 352 g/mol. The van der Waals surface area contributed by atoms with Gasteiger partial charge in [0.05, 0.1) is 0 Å². The molecule has 25 heavy (non-hydrogen) atoms. The summed E-state index contributed by atoms with van der Waals surface area (Å²) < 4.78 is 5.48. The van der Waals surface area contributed by atoms with Gasteiger partial charge in [-0.1, -0.05) is 60.1 Å². The third-order valence-corrected chi connectivity index (χ3v) is 3.96. The monoisotopic (exact) mass is 351 g/mol. The third-order valence-electron chi connectivity index (χ3n) is 3.71. The van der Waals surface area contributed by atoms with Gasteiger partial charge in [-0.2, -0.15) is 0 Å². The lowest BCUT2D eigenvalue weighted by Gasteiger charge is -2.12. The number of hydrogen-bond donors (Lipinski definition) is 1. The van der Waals surface area contributed by atoms with Gasteiger partial charge in [-0.25, -0.2) is 0 Å². The first-order chi connectivity index (χ1) is 12.2. The van der Waals surface area contributed by atoms with Crippen LogP contribution >= 0.6 is 11.6 Å². The molecule has 3 rings (SSSR count). The van der Waals surface area contributed by atoms with Crippen molar-refractivity contribution >= 4 is 23.2 Å². The number of para-hydroxylation sites is 1. The maximum atomic E-state index is 12.2. The number of rotatable bonds is 6. The van der Waals surface area contributed by atoms with E-state index in [1.807, 2.05) is 42.5 Å². The Hall–Kier alpha value is -2.78. The van der Waals surface area contributed by atoms with Crippen molar-refractivity contribution in [3.8, 4) is 5.75 Å². The largest absolute Gasteiger partial charge is 0.484 e. The Kier molecular flexibility index (Phi) is 5.70. The van der Waals surface area contributed by atoms with Gasteiger partial charge in [0, 0.05) is 10.7 Å². The molecule has 0 heterocycles. The van der Waals surface area contributed by atoms with Gasteiger partial charge in [0.25, 0.3) is 5.91 Å². The lowest BCUT2D eigenvalue weighted by Crippen LogP contribution is -2.21. The van der Waals surface area contributed by atoms with Gasteiger partial charge in [-0.05, 0) is 47.9 Å². The maximum absolute atomic E-state index is 12.2. The highest BCUT2D eigenvalue weighted by molar-refractivity contribution is 6.30. The molecule has 3 aromatic carbocycles. The number of amides is 1. The van der Waals surface area contributed by atoms with Gasteiger partial charge in [-0.15, -0.1) is 0 Å². The highest BCUT2D eigenvalue weighted by Gasteiger charge is 2.08. The molecule has 0 unspecified atom stereocenters. The van der Waals surface area contributed by atoms with Crippen molar-refractivity contribution in [2.75, 3.05) is 11.9 Å². The molecule has 0 aliphatic rings. The lowest BCUT2D eigenvalue weighted by molar-refractivity contribution is -0.118. The van der Waals surface area contributed by atoms with E-state index in [0.29, 0.717) is 10.8 Å². The Morgan fingerprint density at radius 3 is 2.32 bits per heavy atom. The fraction of sp³-hybridized carbons (Fsp3) is 0.0952. The van der Waals surface area contributed by atoms with Crippen LogP contribution in [0.4, 0.5) is 5.69 Å². The van der Waals surface area contributed by atoms with E-state index in [9.17, 15) is 4.79 Å². The zero-order valence-electron chi connectivity index (χ0n) is 13.6. The second-order valence-corrected chi connectivity index (χ2v) is 6.05. The number of hydrogen-bond acceptors (Lipinski definition) is 2. The molecular formula is C21H18ClNO2. The first-order valence-electron chi connectivity index (χ1n) is 8.01. The molecule has 0 saturated carbocycles. The minimum Gasteiger partial charge on any atom is -0.484 e. The number of nitrogens with one attached hydrogen (secondary N) is 1. The standard InChI is InChI=1S/C21H18ClNO2/c22-18-10-12-19(13-11-18)25-15-21(24)23-20-9-5-4-8-17(20)14-16-6-2-1-3-7-16/h1-13H,14-15H2,(H,23,24). The Morgan fingerprint density at radius 2 is 1.56 bits per heavy atom. The molecule has 3 aromatic rings. The highest BCUT2D eigenvalue weighted by atomic mass is 35.5. The molecule has 4 heteroatoms. The van der Waals surface area contributed by atoms with Crippen LogP contribution in [-0.4, -0.2) is 12.5 Å². The molecule has 0 aliphatic heterocycles. The summed E-state index contributed by atoms with van der Waals surface area (Å²) in [6, 6.07) is 24.9. The smallest absolute Gasteiger partial charge is 0.262 e. The van der Waals surface area contributed by atoms with Crippen LogP contribution in [0.15, 0.2) is 78.9 Å². The Labute approximate surface area is 152 Å². The van der Waals surface area contributed by atoms with E-state index in [2.05, 4.69) is 17.4 Å². The summed E-state index contributed by atoms with van der Waals surface area (Å²) in [5.74, 6) is 0.410. The Morgan fingerprint density at radius 1 is 0.880 bits per heavy atom. The van der Waals surface area contributed by atoms with Crippen LogP contribution in [0, 0.1) is 0 Å². The van der Waals surface area contributed by atoms with Crippen LogP contribution in [0.3, 0.4) is 0 Å². The van der Waals surface area contributed by atoms with Crippen LogP contribution in [0.2, 0.25) is 5.02 Å². The average Bonchev–Trinajstić information content (AvgIpc) is 2.64. The molecule has 0 bridgehead atoms. The van der Waals surface area contributed by atoms with E-state index in [1.165, 1.54) is 5.56 Å². The normalized spacial score (nSPS) is 10.3. The van der Waals surface area contributed by atoms with Gasteiger partial charge in [0.1, 0.15) is 5.75 Å². The minimum atomic E-state index is -0.199. The molecule has 0 aliphatic carbocycles. The Balaban J connectivity index is 1.62. The van der Waals surface area contributed by atoms with Crippen molar-refractivity contribution < 1.29 is 9.53 Å². The fourth-order valence-electron chi connectivity index (χ4n) is 2.48. The molecule has 1 N–H and O–H groups in total. The number of halogens is 1. The van der Waals surface area contributed by atoms with Gasteiger partial charge >= 0.3 is 0 Å². The second kappa shape index (κ2) is 8.36. The van der Waals surface area contributed by atoms with E-state index in [0.717, 1.165) is 17.7 Å². The summed E-state index contributed by atoms with van der Waals surface area (Å²) in [6.07, 6.45) is 0.759. The van der Waals surface area contributed by atoms with Crippen molar-refractivity contribution in [3.63, 3.8) is 0 Å². The molecule has 0 atom stereocenters. The highest BCUT2D eigenvalue weighted by Crippen LogP contribution is 2.19. The second-order valence-electron chi connectivity index (χ2n) is 5.61. The molecule has 0 saturated heterocycles. The summed E-state index contributed by atoms with van der Waals surface area (Å²) in [6.45, 7) is -0.0543. The number of benzene rings is 3. The van der Waals surface area contributed by atoms with E-state index >= 15 is 0 Å². The van der Waals surface area contributed by atoms with Crippen molar-refractivity contribution in [1.82, 2.24) is 0 Å². The fourth-order valence-corrected chi connectivity index (χ4v) is 2.60. The summed E-state index contributed by atoms with van der Waals surface area (Å²) in [5, 5.41) is 3.55. The van der Waals surface area contributed by atoms with Crippen molar-refractivity contribution in [1.29, 1.82) is 0 Å². The summed E-state index contributed by atoms with van der Waals surface area (Å²) in [7, 11) is 0. The number of carbonyl (C=O) groups is 1. The quantitative estimate of drug-likeness (QED) is 0.682. The van der Waals surface area contributed by atoms with Crippen LogP contribution in [0.5, 0.6) is 5.75 Å². The van der Waals surface area contributed by atoms with Gasteiger partial charge < -0.3 is 10.1 Å². The van der Waals surface area contributed by atoms with E-state index < -0.39 is 0 Å². The number of ether oxygens (including phenoxy) is 1. The van der Waals surface area contributed by atoms with Crippen molar-refractivity contribution in [2.24, 2.45) is 0 Å². The van der Waals surface area contributed by atoms with E-state index in [-0.39, 0.29) is 12.5 Å². The minimum absolute atomic E-state index is 0.0543. The summed E-state index contributed by atoms with van der Waals surface area (Å²) in [4.78, 5) is 12.2. The predicted molar refractivity (Wildman–Crippen MR) is 101 cm³/mol. The van der Waals surface area contributed by atoms with Crippen LogP contribution in [0.1, 0.15) is 11.1 Å². The molecule has 0 spiro atoms. The van der Waals surface area contributed by atoms with E-state index in [4.69, 9.17) is 16.3 Å². The first-order valence-corrected chi connectivity index (χ1v) is 8.38. The van der Waals surface area contributed by atoms with Crippen LogP contribution in [0.25, 0.3) is 0 Å². The lowest BCUT2D eigenvalue weighted by atomic mass is 10.0. The molecule has 0 aromatic heterocycles. The van der Waals surface area contributed by atoms with Gasteiger partial charge in [0.2, 0.25) is 0 Å². The molecule has 126 valence electrons. The number of anilines is 1. The van der Waals surface area contributed by atoms with Crippen LogP contribution < -0.4 is 10.1 Å². The van der Waals surface area contributed by atoms with Gasteiger partial charge in [-0.3, -0.25) is 4.79 Å². The summed E-state index contributed by atoms with van der Waals surface area (Å²) >= 11 is 5.83. The zero-order valence-corrected chi connectivity index (χ0v) is 14.4. The molecular weight excluding hydrogens is 334 g/mol. The summed E-state index contributed by atoms with van der Waals surface area (Å²) in [5.41, 5.74) is 3.06. The van der Waals surface area contributed by atoms with Crippen LogP contribution in [-0.2, 0) is 11.2 Å². The van der Waals surface area contributed by atoms with Gasteiger partial charge in [0.15, 0.2) is 6.61 Å². The zero-order chi connectivity index (χ0) is 17.5. The van der Waals surface area contributed by atoms with Crippen molar-refractivity contribution in [2.45, 2.75) is 6.42 Å². The third kappa shape index (κ3) is 5.10. The predicted octanol–water partition coefficient (Wildman–Crippen LogP) is 4.95.